The number of fused-ring (bicyclic) bond motifs is 1. The highest BCUT2D eigenvalue weighted by atomic mass is 32.1. The number of carbonyl (C=O) groups excluding carboxylic acids is 1. The van der Waals surface area contributed by atoms with E-state index in [0.717, 1.165) is 51.5 Å². The summed E-state index contributed by atoms with van der Waals surface area (Å²) >= 11 is 1.67. The Bertz CT molecular complexity index is 1170. The van der Waals surface area contributed by atoms with Crippen LogP contribution in [0.2, 0.25) is 0 Å². The van der Waals surface area contributed by atoms with Crippen LogP contribution in [0.15, 0.2) is 41.9 Å². The Kier molecular flexibility index (Phi) is 5.72. The van der Waals surface area contributed by atoms with Gasteiger partial charge in [0.05, 0.1) is 22.3 Å². The van der Waals surface area contributed by atoms with E-state index in [0.29, 0.717) is 0 Å². The number of carbonyl (C=O) groups is 1. The Labute approximate surface area is 180 Å². The van der Waals surface area contributed by atoms with Crippen molar-refractivity contribution in [3.8, 4) is 10.6 Å². The molecule has 1 atom stereocenters. The Morgan fingerprint density at radius 2 is 2.07 bits per heavy atom. The molecule has 1 unspecified atom stereocenters. The minimum Gasteiger partial charge on any atom is -0.348 e. The normalized spacial score (nSPS) is 12.4. The van der Waals surface area contributed by atoms with Crippen molar-refractivity contribution >= 4 is 28.3 Å². The Morgan fingerprint density at radius 1 is 1.23 bits per heavy atom. The molecule has 0 bridgehead atoms. The fraction of sp³-hybridized carbons (Fsp3) is 0.348. The predicted octanol–water partition coefficient (Wildman–Crippen LogP) is 4.87. The number of nitrogens with one attached hydrogen (secondary N) is 1. The first-order valence-electron chi connectivity index (χ1n) is 10.3. The van der Waals surface area contributed by atoms with Crippen molar-refractivity contribution in [1.82, 2.24) is 24.6 Å². The van der Waals surface area contributed by atoms with Crippen LogP contribution >= 0.6 is 11.3 Å². The molecule has 0 spiro atoms. The third-order valence-corrected chi connectivity index (χ3v) is 6.45. The summed E-state index contributed by atoms with van der Waals surface area (Å²) in [7, 11) is 0. The van der Waals surface area contributed by atoms with Crippen molar-refractivity contribution in [3.63, 3.8) is 0 Å². The molecular formula is C23H27N5OS. The van der Waals surface area contributed by atoms with E-state index in [1.165, 1.54) is 0 Å². The molecule has 1 N–H and O–H groups in total. The van der Waals surface area contributed by atoms with Crippen molar-refractivity contribution in [2.75, 3.05) is 0 Å². The quantitative estimate of drug-likeness (QED) is 0.463. The zero-order chi connectivity index (χ0) is 21.3. The van der Waals surface area contributed by atoms with Gasteiger partial charge in [0.1, 0.15) is 12.2 Å². The van der Waals surface area contributed by atoms with Gasteiger partial charge in [-0.05, 0) is 56.8 Å². The minimum atomic E-state index is -0.0576. The van der Waals surface area contributed by atoms with Gasteiger partial charge >= 0.3 is 0 Å². The molecule has 0 aliphatic rings. The van der Waals surface area contributed by atoms with Crippen molar-refractivity contribution < 1.29 is 4.79 Å². The number of amides is 1. The smallest absolute Gasteiger partial charge is 0.240 e. The Balaban J connectivity index is 1.64. The van der Waals surface area contributed by atoms with Crippen molar-refractivity contribution in [2.24, 2.45) is 0 Å². The highest BCUT2D eigenvalue weighted by Crippen LogP contribution is 2.30. The molecule has 0 fully saturated rings. The van der Waals surface area contributed by atoms with E-state index in [-0.39, 0.29) is 18.5 Å². The van der Waals surface area contributed by atoms with E-state index >= 15 is 0 Å². The average molecular weight is 422 g/mol. The summed E-state index contributed by atoms with van der Waals surface area (Å²) in [6.07, 6.45) is 2.58. The van der Waals surface area contributed by atoms with E-state index in [9.17, 15) is 4.79 Å². The maximum atomic E-state index is 13.1. The van der Waals surface area contributed by atoms with Crippen LogP contribution in [-0.2, 0) is 17.9 Å². The number of thiophene rings is 1. The van der Waals surface area contributed by atoms with Crippen LogP contribution in [0, 0.1) is 13.8 Å². The molecule has 4 aromatic heterocycles. The van der Waals surface area contributed by atoms with E-state index in [1.54, 1.807) is 17.5 Å². The second kappa shape index (κ2) is 8.44. The second-order valence-electron chi connectivity index (χ2n) is 7.44. The number of hydrogen-bond acceptors (Lipinski definition) is 4. The summed E-state index contributed by atoms with van der Waals surface area (Å²) in [5.74, 6) is -0.0224. The van der Waals surface area contributed by atoms with Gasteiger partial charge in [-0.15, -0.1) is 11.3 Å². The highest BCUT2D eigenvalue weighted by Gasteiger charge is 2.22. The van der Waals surface area contributed by atoms with Crippen molar-refractivity contribution in [1.29, 1.82) is 0 Å². The molecule has 0 saturated carbocycles. The lowest BCUT2D eigenvalue weighted by molar-refractivity contribution is -0.122. The maximum absolute atomic E-state index is 13.1. The second-order valence-corrected chi connectivity index (χ2v) is 8.39. The Hall–Kier alpha value is -2.93. The summed E-state index contributed by atoms with van der Waals surface area (Å²) in [5.41, 5.74) is 5.08. The average Bonchev–Trinajstić information content (AvgIpc) is 3.45. The molecule has 4 heterocycles. The molecule has 30 heavy (non-hydrogen) atoms. The number of hydrogen-bond donors (Lipinski definition) is 1. The van der Waals surface area contributed by atoms with Crippen LogP contribution in [0.25, 0.3) is 21.6 Å². The standard InChI is InChI=1S/C23H27N5OS/c1-5-18(22-15(3)26-28(6-2)16(22)4)25-21(29)14-27-19(20-10-8-12-30-20)13-17-9-7-11-24-23(17)27/h7-13,18H,5-6,14H2,1-4H3,(H,25,29). The molecule has 7 heteroatoms. The first kappa shape index (κ1) is 20.3. The molecule has 6 nitrogen and oxygen atoms in total. The maximum Gasteiger partial charge on any atom is 0.240 e. The SMILES string of the molecule is CCC(NC(=O)Cn1c(-c2cccs2)cc2cccnc21)c1c(C)nn(CC)c1C. The molecule has 0 saturated heterocycles. The molecule has 0 aliphatic carbocycles. The number of aryl methyl sites for hydroxylation is 2. The van der Waals surface area contributed by atoms with Crippen molar-refractivity contribution in [3.05, 3.63) is 58.9 Å². The summed E-state index contributed by atoms with van der Waals surface area (Å²) in [4.78, 5) is 18.8. The largest absolute Gasteiger partial charge is 0.348 e. The molecule has 0 radical (unpaired) electrons. The molecule has 156 valence electrons. The lowest BCUT2D eigenvalue weighted by Gasteiger charge is -2.19. The monoisotopic (exact) mass is 421 g/mol. The van der Waals surface area contributed by atoms with Crippen LogP contribution < -0.4 is 5.32 Å². The molecule has 0 aromatic carbocycles. The van der Waals surface area contributed by atoms with Gasteiger partial charge < -0.3 is 9.88 Å². The van der Waals surface area contributed by atoms with Crippen LogP contribution in [0.5, 0.6) is 0 Å². The molecule has 4 aromatic rings. The number of pyridine rings is 1. The third-order valence-electron chi connectivity index (χ3n) is 5.56. The first-order valence-corrected chi connectivity index (χ1v) is 11.2. The molecule has 4 rings (SSSR count). The predicted molar refractivity (Wildman–Crippen MR) is 122 cm³/mol. The summed E-state index contributed by atoms with van der Waals surface area (Å²) < 4.78 is 4.01. The number of rotatable bonds is 7. The lowest BCUT2D eigenvalue weighted by Crippen LogP contribution is -2.32. The topological polar surface area (TPSA) is 64.7 Å². The third kappa shape index (κ3) is 3.65. The van der Waals surface area contributed by atoms with Gasteiger partial charge in [-0.2, -0.15) is 5.10 Å². The molecule has 0 aliphatic heterocycles. The van der Waals surface area contributed by atoms with Crippen LogP contribution in [0.3, 0.4) is 0 Å². The first-order chi connectivity index (χ1) is 14.5. The van der Waals surface area contributed by atoms with Crippen LogP contribution in [-0.4, -0.2) is 25.2 Å². The summed E-state index contributed by atoms with van der Waals surface area (Å²) in [6.45, 7) is 9.32. The van der Waals surface area contributed by atoms with Gasteiger partial charge in [-0.3, -0.25) is 9.48 Å². The fourth-order valence-electron chi connectivity index (χ4n) is 4.16. The van der Waals surface area contributed by atoms with Gasteiger partial charge in [0, 0.05) is 29.4 Å². The van der Waals surface area contributed by atoms with Gasteiger partial charge in [0.15, 0.2) is 0 Å². The number of nitrogens with zero attached hydrogens (tertiary/aromatic N) is 4. The zero-order valence-electron chi connectivity index (χ0n) is 17.8. The highest BCUT2D eigenvalue weighted by molar-refractivity contribution is 7.13. The van der Waals surface area contributed by atoms with Gasteiger partial charge in [0.2, 0.25) is 5.91 Å². The van der Waals surface area contributed by atoms with E-state index < -0.39 is 0 Å². The van der Waals surface area contributed by atoms with E-state index in [2.05, 4.69) is 53.7 Å². The Morgan fingerprint density at radius 3 is 2.73 bits per heavy atom. The zero-order valence-corrected chi connectivity index (χ0v) is 18.7. The lowest BCUT2D eigenvalue weighted by atomic mass is 10.0. The van der Waals surface area contributed by atoms with E-state index in [4.69, 9.17) is 0 Å². The van der Waals surface area contributed by atoms with Gasteiger partial charge in [-0.1, -0.05) is 13.0 Å². The van der Waals surface area contributed by atoms with Crippen LogP contribution in [0.4, 0.5) is 0 Å². The van der Waals surface area contributed by atoms with Gasteiger partial charge in [0.25, 0.3) is 0 Å². The van der Waals surface area contributed by atoms with Crippen molar-refractivity contribution in [2.45, 2.75) is 53.2 Å². The number of aromatic nitrogens is 4. The summed E-state index contributed by atoms with van der Waals surface area (Å²) in [5, 5.41) is 10.9. The molecule has 1 amide bonds. The molecular weight excluding hydrogens is 394 g/mol. The minimum absolute atomic E-state index is 0.0224. The summed E-state index contributed by atoms with van der Waals surface area (Å²) in [6, 6.07) is 10.1. The fourth-order valence-corrected chi connectivity index (χ4v) is 4.91. The van der Waals surface area contributed by atoms with Gasteiger partial charge in [-0.25, -0.2) is 4.98 Å². The van der Waals surface area contributed by atoms with Crippen LogP contribution in [0.1, 0.15) is 43.3 Å². The van der Waals surface area contributed by atoms with E-state index in [1.807, 2.05) is 34.4 Å².